The lowest BCUT2D eigenvalue weighted by atomic mass is 10.7. The van der Waals surface area contributed by atoms with Crippen molar-refractivity contribution in [1.29, 1.82) is 0 Å². The zero-order valence-corrected chi connectivity index (χ0v) is 5.85. The average Bonchev–Trinajstić information content (AvgIpc) is 1.65. The third-order valence-corrected chi connectivity index (χ3v) is 1.27. The summed E-state index contributed by atoms with van der Waals surface area (Å²) < 4.78 is 27.4. The Morgan fingerprint density at radius 3 is 2.33 bits per heavy atom. The predicted molar refractivity (Wildman–Crippen MR) is 34.9 cm³/mol. The number of hydrogen-bond acceptors (Lipinski definition) is 3. The van der Waals surface area contributed by atoms with Crippen molar-refractivity contribution in [3.05, 3.63) is 12.3 Å². The SMILES string of the molecule is Cl.O=S1(=O)N=CC=CO1. The zero-order chi connectivity index (χ0) is 6.04. The van der Waals surface area contributed by atoms with E-state index in [4.69, 9.17) is 0 Å². The van der Waals surface area contributed by atoms with Gasteiger partial charge in [0, 0.05) is 6.21 Å². The Morgan fingerprint density at radius 1 is 1.44 bits per heavy atom. The van der Waals surface area contributed by atoms with Crippen LogP contribution in [0.4, 0.5) is 0 Å². The lowest BCUT2D eigenvalue weighted by Crippen LogP contribution is -1.99. The first-order valence-electron chi connectivity index (χ1n) is 1.84. The van der Waals surface area contributed by atoms with Gasteiger partial charge >= 0.3 is 10.3 Å². The molecule has 0 saturated carbocycles. The maximum absolute atomic E-state index is 10.2. The minimum absolute atomic E-state index is 0. The first-order chi connectivity index (χ1) is 3.71. The summed E-state index contributed by atoms with van der Waals surface area (Å²) in [4.78, 5) is 0. The monoisotopic (exact) mass is 169 g/mol. The summed E-state index contributed by atoms with van der Waals surface area (Å²) in [5, 5.41) is 0. The number of nitrogens with zero attached hydrogens (tertiary/aromatic N) is 1. The molecule has 0 fully saturated rings. The van der Waals surface area contributed by atoms with Crippen LogP contribution in [0.1, 0.15) is 0 Å². The highest BCUT2D eigenvalue weighted by molar-refractivity contribution is 7.85. The molecule has 1 aliphatic heterocycles. The van der Waals surface area contributed by atoms with Gasteiger partial charge < -0.3 is 4.18 Å². The Morgan fingerprint density at radius 2 is 2.11 bits per heavy atom. The lowest BCUT2D eigenvalue weighted by molar-refractivity contribution is 0.444. The van der Waals surface area contributed by atoms with E-state index < -0.39 is 10.3 Å². The number of hydrogen-bond donors (Lipinski definition) is 0. The van der Waals surface area contributed by atoms with Crippen molar-refractivity contribution in [1.82, 2.24) is 0 Å². The highest BCUT2D eigenvalue weighted by Crippen LogP contribution is 1.98. The van der Waals surface area contributed by atoms with Gasteiger partial charge in [-0.2, -0.15) is 8.42 Å². The standard InChI is InChI=1S/C3H3NO3S.ClH/c5-8(6)4-2-1-3-7-8;/h1-3H;1H. The van der Waals surface area contributed by atoms with Crippen molar-refractivity contribution in [2.75, 3.05) is 0 Å². The molecule has 0 amide bonds. The fraction of sp³-hybridized carbons (Fsp3) is 0. The third kappa shape index (κ3) is 2.48. The molecule has 0 aromatic rings. The molecular weight excluding hydrogens is 166 g/mol. The van der Waals surface area contributed by atoms with Crippen LogP contribution in [0.15, 0.2) is 16.7 Å². The Kier molecular flexibility index (Phi) is 2.66. The van der Waals surface area contributed by atoms with Gasteiger partial charge in [-0.05, 0) is 6.08 Å². The van der Waals surface area contributed by atoms with Gasteiger partial charge in [0.15, 0.2) is 0 Å². The van der Waals surface area contributed by atoms with Crippen molar-refractivity contribution in [3.63, 3.8) is 0 Å². The smallest absolute Gasteiger partial charge is 0.373 e. The molecule has 0 bridgehead atoms. The Balaban J connectivity index is 0.000000640. The summed E-state index contributed by atoms with van der Waals surface area (Å²) in [6.45, 7) is 0. The molecule has 0 spiro atoms. The van der Waals surface area contributed by atoms with Gasteiger partial charge in [-0.15, -0.1) is 16.8 Å². The van der Waals surface area contributed by atoms with E-state index in [0.29, 0.717) is 0 Å². The molecule has 0 aromatic carbocycles. The van der Waals surface area contributed by atoms with Gasteiger partial charge in [-0.25, -0.2) is 0 Å². The van der Waals surface area contributed by atoms with E-state index >= 15 is 0 Å². The summed E-state index contributed by atoms with van der Waals surface area (Å²) in [5.74, 6) is 0. The number of rotatable bonds is 0. The van der Waals surface area contributed by atoms with Gasteiger partial charge in [0.05, 0.1) is 0 Å². The maximum atomic E-state index is 10.2. The summed E-state index contributed by atoms with van der Waals surface area (Å²) in [7, 11) is -3.60. The fourth-order valence-corrected chi connectivity index (χ4v) is 0.746. The highest BCUT2D eigenvalue weighted by Gasteiger charge is 2.05. The third-order valence-electron chi connectivity index (χ3n) is 0.532. The minimum Gasteiger partial charge on any atom is -0.373 e. The molecular formula is C3H4ClNO3S. The van der Waals surface area contributed by atoms with Crippen LogP contribution in [0.3, 0.4) is 0 Å². The molecule has 0 saturated heterocycles. The van der Waals surface area contributed by atoms with Crippen LogP contribution in [0.2, 0.25) is 0 Å². The van der Waals surface area contributed by atoms with Gasteiger partial charge in [0.1, 0.15) is 6.26 Å². The molecule has 0 N–H and O–H groups in total. The molecule has 0 atom stereocenters. The van der Waals surface area contributed by atoms with Gasteiger partial charge in [0.25, 0.3) is 0 Å². The van der Waals surface area contributed by atoms with Crippen LogP contribution in [-0.2, 0) is 14.5 Å². The van der Waals surface area contributed by atoms with Gasteiger partial charge in [0.2, 0.25) is 0 Å². The second-order valence-corrected chi connectivity index (χ2v) is 2.37. The minimum atomic E-state index is -3.60. The van der Waals surface area contributed by atoms with Crippen molar-refractivity contribution in [2.24, 2.45) is 4.40 Å². The largest absolute Gasteiger partial charge is 0.427 e. The summed E-state index contributed by atoms with van der Waals surface area (Å²) in [5.41, 5.74) is 0. The van der Waals surface area contributed by atoms with E-state index in [1.165, 1.54) is 6.08 Å². The fourth-order valence-electron chi connectivity index (χ4n) is 0.272. The molecule has 1 aliphatic rings. The molecule has 0 unspecified atom stereocenters. The van der Waals surface area contributed by atoms with Crippen molar-refractivity contribution >= 4 is 28.9 Å². The molecule has 0 aliphatic carbocycles. The van der Waals surface area contributed by atoms with Crippen molar-refractivity contribution in [2.45, 2.75) is 0 Å². The van der Waals surface area contributed by atoms with E-state index in [1.807, 2.05) is 0 Å². The van der Waals surface area contributed by atoms with Crippen LogP contribution in [-0.4, -0.2) is 14.6 Å². The first-order valence-corrected chi connectivity index (χ1v) is 3.21. The normalized spacial score (nSPS) is 20.0. The van der Waals surface area contributed by atoms with Crippen LogP contribution < -0.4 is 0 Å². The number of allylic oxidation sites excluding steroid dienone is 1. The summed E-state index contributed by atoms with van der Waals surface area (Å²) in [6, 6.07) is 0. The van der Waals surface area contributed by atoms with E-state index in [2.05, 4.69) is 8.58 Å². The maximum Gasteiger partial charge on any atom is 0.427 e. The molecule has 52 valence electrons. The number of halogens is 1. The van der Waals surface area contributed by atoms with Crippen molar-refractivity contribution < 1.29 is 12.6 Å². The second kappa shape index (κ2) is 2.84. The van der Waals surface area contributed by atoms with E-state index in [-0.39, 0.29) is 12.4 Å². The second-order valence-electron chi connectivity index (χ2n) is 1.11. The van der Waals surface area contributed by atoms with Gasteiger partial charge in [-0.3, -0.25) is 0 Å². The summed E-state index contributed by atoms with van der Waals surface area (Å²) >= 11 is 0. The Hall–Kier alpha value is -0.550. The van der Waals surface area contributed by atoms with Crippen LogP contribution >= 0.6 is 12.4 Å². The zero-order valence-electron chi connectivity index (χ0n) is 4.22. The van der Waals surface area contributed by atoms with Crippen LogP contribution in [0.5, 0.6) is 0 Å². The molecule has 1 heterocycles. The van der Waals surface area contributed by atoms with E-state index in [1.54, 1.807) is 0 Å². The lowest BCUT2D eigenvalue weighted by Gasteiger charge is -1.96. The highest BCUT2D eigenvalue weighted by atomic mass is 35.5. The molecule has 6 heteroatoms. The topological polar surface area (TPSA) is 55.7 Å². The molecule has 0 radical (unpaired) electrons. The van der Waals surface area contributed by atoms with E-state index in [0.717, 1.165) is 12.5 Å². The van der Waals surface area contributed by atoms with Gasteiger partial charge in [-0.1, -0.05) is 0 Å². The van der Waals surface area contributed by atoms with Crippen molar-refractivity contribution in [3.8, 4) is 0 Å². The van der Waals surface area contributed by atoms with Crippen LogP contribution in [0, 0.1) is 0 Å². The molecule has 1 rings (SSSR count). The molecule has 9 heavy (non-hydrogen) atoms. The quantitative estimate of drug-likeness (QED) is 0.523. The van der Waals surface area contributed by atoms with E-state index in [9.17, 15) is 8.42 Å². The Bertz CT molecular complexity index is 229. The summed E-state index contributed by atoms with van der Waals surface area (Å²) in [6.07, 6.45) is 3.60. The Labute approximate surface area is 58.9 Å². The molecule has 4 nitrogen and oxygen atoms in total. The average molecular weight is 170 g/mol. The molecule has 0 aromatic heterocycles. The van der Waals surface area contributed by atoms with Crippen LogP contribution in [0.25, 0.3) is 0 Å². The predicted octanol–water partition coefficient (Wildman–Crippen LogP) is 0.268. The first kappa shape index (κ1) is 8.45.